The van der Waals surface area contributed by atoms with E-state index >= 15 is 0 Å². The van der Waals surface area contributed by atoms with Crippen molar-refractivity contribution < 1.29 is 4.39 Å². The van der Waals surface area contributed by atoms with Gasteiger partial charge in [0.05, 0.1) is 0 Å². The Bertz CT molecular complexity index is 438. The molecule has 1 aliphatic rings. The predicted molar refractivity (Wildman–Crippen MR) is 85.3 cm³/mol. The number of halogens is 1. The van der Waals surface area contributed by atoms with Crippen LogP contribution in [-0.4, -0.2) is 29.2 Å². The standard InChI is InChI=1S/C17H28FN3/c1-13-5-4-6-14(2)21(13)20-17(3,12-19)11-15-7-9-16(18)10-8-15/h7-10,13-14,20H,4-6,11-12,19H2,1-3H3. The first kappa shape index (κ1) is 16.4. The third-order valence-electron chi connectivity index (χ3n) is 4.55. The molecule has 3 nitrogen and oxygen atoms in total. The van der Waals surface area contributed by atoms with Crippen molar-refractivity contribution in [3.8, 4) is 0 Å². The van der Waals surface area contributed by atoms with Crippen molar-refractivity contribution >= 4 is 0 Å². The Morgan fingerprint density at radius 2 is 1.81 bits per heavy atom. The van der Waals surface area contributed by atoms with Gasteiger partial charge in [-0.1, -0.05) is 18.6 Å². The Balaban J connectivity index is 2.07. The lowest BCUT2D eigenvalue weighted by molar-refractivity contribution is 0.00665. The lowest BCUT2D eigenvalue weighted by Crippen LogP contribution is -2.63. The molecule has 0 saturated carbocycles. The molecule has 1 aliphatic heterocycles. The molecule has 3 atom stereocenters. The third kappa shape index (κ3) is 4.25. The Hall–Kier alpha value is -0.970. The number of hydrogen-bond acceptors (Lipinski definition) is 3. The summed E-state index contributed by atoms with van der Waals surface area (Å²) in [4.78, 5) is 0. The van der Waals surface area contributed by atoms with Gasteiger partial charge in [-0.15, -0.1) is 0 Å². The van der Waals surface area contributed by atoms with Crippen LogP contribution in [0.15, 0.2) is 24.3 Å². The summed E-state index contributed by atoms with van der Waals surface area (Å²) in [5, 5.41) is 2.36. The fraction of sp³-hybridized carbons (Fsp3) is 0.647. The highest BCUT2D eigenvalue weighted by Crippen LogP contribution is 2.23. The zero-order valence-electron chi connectivity index (χ0n) is 13.4. The average Bonchev–Trinajstić information content (AvgIpc) is 2.46. The second kappa shape index (κ2) is 6.86. The van der Waals surface area contributed by atoms with Crippen molar-refractivity contribution in [3.05, 3.63) is 35.6 Å². The Labute approximate surface area is 127 Å². The Morgan fingerprint density at radius 3 is 2.33 bits per heavy atom. The van der Waals surface area contributed by atoms with Crippen LogP contribution < -0.4 is 11.2 Å². The largest absolute Gasteiger partial charge is 0.329 e. The number of nitrogens with one attached hydrogen (secondary N) is 1. The van der Waals surface area contributed by atoms with Crippen LogP contribution in [0.5, 0.6) is 0 Å². The summed E-state index contributed by atoms with van der Waals surface area (Å²) in [6, 6.07) is 7.75. The highest BCUT2D eigenvalue weighted by Gasteiger charge is 2.32. The molecule has 0 amide bonds. The second-order valence-corrected chi connectivity index (χ2v) is 6.72. The quantitative estimate of drug-likeness (QED) is 0.877. The maximum atomic E-state index is 13.0. The monoisotopic (exact) mass is 293 g/mol. The molecule has 0 radical (unpaired) electrons. The average molecular weight is 293 g/mol. The Kier molecular flexibility index (Phi) is 5.36. The molecule has 0 aromatic heterocycles. The summed E-state index contributed by atoms with van der Waals surface area (Å²) in [6.45, 7) is 7.21. The normalized spacial score (nSPS) is 26.5. The van der Waals surface area contributed by atoms with Gasteiger partial charge in [-0.3, -0.25) is 0 Å². The maximum Gasteiger partial charge on any atom is 0.123 e. The van der Waals surface area contributed by atoms with Crippen LogP contribution in [0, 0.1) is 5.82 Å². The first-order valence-electron chi connectivity index (χ1n) is 7.94. The third-order valence-corrected chi connectivity index (χ3v) is 4.55. The molecule has 3 N–H and O–H groups in total. The smallest absolute Gasteiger partial charge is 0.123 e. The van der Waals surface area contributed by atoms with E-state index in [4.69, 9.17) is 5.73 Å². The highest BCUT2D eigenvalue weighted by atomic mass is 19.1. The first-order chi connectivity index (χ1) is 9.93. The van der Waals surface area contributed by atoms with Crippen molar-refractivity contribution in [2.45, 2.75) is 64.1 Å². The minimum Gasteiger partial charge on any atom is -0.329 e. The molecule has 0 spiro atoms. The van der Waals surface area contributed by atoms with Gasteiger partial charge in [0.2, 0.25) is 0 Å². The maximum absolute atomic E-state index is 13.0. The van der Waals surface area contributed by atoms with Crippen LogP contribution in [0.25, 0.3) is 0 Å². The molecule has 118 valence electrons. The van der Waals surface area contributed by atoms with Gasteiger partial charge < -0.3 is 5.73 Å². The lowest BCUT2D eigenvalue weighted by Gasteiger charge is -2.45. The molecule has 3 unspecified atom stereocenters. The number of hydrogen-bond donors (Lipinski definition) is 2. The number of nitrogens with zero attached hydrogens (tertiary/aromatic N) is 1. The Morgan fingerprint density at radius 1 is 1.24 bits per heavy atom. The second-order valence-electron chi connectivity index (χ2n) is 6.72. The molecule has 1 saturated heterocycles. The van der Waals surface area contributed by atoms with Crippen LogP contribution in [0.1, 0.15) is 45.6 Å². The van der Waals surface area contributed by atoms with Gasteiger partial charge in [0.15, 0.2) is 0 Å². The minimum atomic E-state index is -0.211. The van der Waals surface area contributed by atoms with Crippen LogP contribution in [0.3, 0.4) is 0 Å². The van der Waals surface area contributed by atoms with E-state index in [1.165, 1.54) is 31.4 Å². The number of nitrogens with two attached hydrogens (primary N) is 1. The van der Waals surface area contributed by atoms with E-state index in [9.17, 15) is 4.39 Å². The lowest BCUT2D eigenvalue weighted by atomic mass is 9.92. The molecule has 4 heteroatoms. The van der Waals surface area contributed by atoms with E-state index in [0.717, 1.165) is 12.0 Å². The number of hydrazine groups is 1. The van der Waals surface area contributed by atoms with E-state index in [-0.39, 0.29) is 11.4 Å². The van der Waals surface area contributed by atoms with E-state index < -0.39 is 0 Å². The highest BCUT2D eigenvalue weighted by molar-refractivity contribution is 5.19. The van der Waals surface area contributed by atoms with Crippen molar-refractivity contribution in [2.75, 3.05) is 6.54 Å². The van der Waals surface area contributed by atoms with Crippen molar-refractivity contribution in [2.24, 2.45) is 5.73 Å². The molecule has 1 fully saturated rings. The van der Waals surface area contributed by atoms with Gasteiger partial charge in [-0.05, 0) is 57.7 Å². The van der Waals surface area contributed by atoms with Crippen LogP contribution >= 0.6 is 0 Å². The van der Waals surface area contributed by atoms with E-state index in [1.807, 2.05) is 12.1 Å². The van der Waals surface area contributed by atoms with Crippen molar-refractivity contribution in [1.82, 2.24) is 10.4 Å². The summed E-state index contributed by atoms with van der Waals surface area (Å²) in [6.07, 6.45) is 4.51. The van der Waals surface area contributed by atoms with Gasteiger partial charge in [0, 0.05) is 24.2 Å². The fourth-order valence-electron chi connectivity index (χ4n) is 3.16. The number of benzene rings is 1. The molecule has 0 aliphatic carbocycles. The summed E-state index contributed by atoms with van der Waals surface area (Å²) in [7, 11) is 0. The topological polar surface area (TPSA) is 41.3 Å². The van der Waals surface area contributed by atoms with Gasteiger partial charge in [-0.25, -0.2) is 14.8 Å². The summed E-state index contributed by atoms with van der Waals surface area (Å²) < 4.78 is 13.0. The molecule has 0 bridgehead atoms. The minimum absolute atomic E-state index is 0.195. The zero-order valence-corrected chi connectivity index (χ0v) is 13.4. The SMILES string of the molecule is CC1CCCC(C)N1NC(C)(CN)Cc1ccc(F)cc1. The molecule has 2 rings (SSSR count). The number of rotatable bonds is 5. The molecular formula is C17H28FN3. The van der Waals surface area contributed by atoms with Crippen LogP contribution in [-0.2, 0) is 6.42 Å². The molecule has 1 aromatic carbocycles. The van der Waals surface area contributed by atoms with Gasteiger partial charge in [-0.2, -0.15) is 0 Å². The van der Waals surface area contributed by atoms with E-state index in [2.05, 4.69) is 31.2 Å². The van der Waals surface area contributed by atoms with E-state index in [1.54, 1.807) is 0 Å². The van der Waals surface area contributed by atoms with Gasteiger partial charge in [0.25, 0.3) is 0 Å². The van der Waals surface area contributed by atoms with Crippen LogP contribution in [0.4, 0.5) is 4.39 Å². The predicted octanol–water partition coefficient (Wildman–Crippen LogP) is 2.85. The van der Waals surface area contributed by atoms with E-state index in [0.29, 0.717) is 18.6 Å². The van der Waals surface area contributed by atoms with Crippen LogP contribution in [0.2, 0.25) is 0 Å². The van der Waals surface area contributed by atoms with Crippen molar-refractivity contribution in [3.63, 3.8) is 0 Å². The number of piperidine rings is 1. The first-order valence-corrected chi connectivity index (χ1v) is 7.94. The molecule has 1 aromatic rings. The molecule has 1 heterocycles. The fourth-order valence-corrected chi connectivity index (χ4v) is 3.16. The summed E-state index contributed by atoms with van der Waals surface area (Å²) in [5.74, 6) is -0.195. The summed E-state index contributed by atoms with van der Waals surface area (Å²) in [5.41, 5.74) is 10.6. The summed E-state index contributed by atoms with van der Waals surface area (Å²) >= 11 is 0. The van der Waals surface area contributed by atoms with Gasteiger partial charge in [0.1, 0.15) is 5.82 Å². The van der Waals surface area contributed by atoms with Gasteiger partial charge >= 0.3 is 0 Å². The zero-order chi connectivity index (χ0) is 15.5. The molecule has 21 heavy (non-hydrogen) atoms. The molecular weight excluding hydrogens is 265 g/mol. The van der Waals surface area contributed by atoms with Crippen molar-refractivity contribution in [1.29, 1.82) is 0 Å².